The summed E-state index contributed by atoms with van der Waals surface area (Å²) >= 11 is 0. The predicted molar refractivity (Wildman–Crippen MR) is 127 cm³/mol. The minimum absolute atomic E-state index is 0.106. The van der Waals surface area contributed by atoms with Gasteiger partial charge in [0.15, 0.2) is 5.78 Å². The number of hydrogen-bond donors (Lipinski definition) is 1. The zero-order chi connectivity index (χ0) is 24.2. The number of benzene rings is 2. The second-order valence-corrected chi connectivity index (χ2v) is 7.65. The Morgan fingerprint density at radius 3 is 2.52 bits per heavy atom. The SMILES string of the molecule is CCOC(=O)Cc1cccc(OCCCOc2cc(O)c(C(=O)/C=C\N(C)C)cc2CC)c1. The van der Waals surface area contributed by atoms with Gasteiger partial charge in [-0.05, 0) is 42.7 Å². The Kier molecular flexibility index (Phi) is 10.3. The van der Waals surface area contributed by atoms with E-state index in [9.17, 15) is 14.7 Å². The number of phenols is 1. The van der Waals surface area contributed by atoms with Crippen molar-refractivity contribution in [2.24, 2.45) is 0 Å². The van der Waals surface area contributed by atoms with E-state index >= 15 is 0 Å². The van der Waals surface area contributed by atoms with E-state index < -0.39 is 0 Å². The van der Waals surface area contributed by atoms with Gasteiger partial charge in [-0.1, -0.05) is 19.1 Å². The smallest absolute Gasteiger partial charge is 0.310 e. The quantitative estimate of drug-likeness (QED) is 0.210. The van der Waals surface area contributed by atoms with Crippen LogP contribution in [-0.2, 0) is 22.4 Å². The molecule has 2 rings (SSSR count). The summed E-state index contributed by atoms with van der Waals surface area (Å²) in [6, 6.07) is 10.5. The molecular weight excluding hydrogens is 422 g/mol. The molecule has 0 atom stereocenters. The number of esters is 1. The Labute approximate surface area is 195 Å². The van der Waals surface area contributed by atoms with Gasteiger partial charge in [0.1, 0.15) is 17.2 Å². The molecule has 7 heteroatoms. The molecule has 0 aliphatic carbocycles. The summed E-state index contributed by atoms with van der Waals surface area (Å²) in [5, 5.41) is 10.3. The Bertz CT molecular complexity index is 967. The molecule has 0 heterocycles. The number of ether oxygens (including phenoxy) is 3. The first-order valence-corrected chi connectivity index (χ1v) is 11.1. The molecule has 0 saturated heterocycles. The van der Waals surface area contributed by atoms with E-state index in [2.05, 4.69) is 0 Å². The summed E-state index contributed by atoms with van der Waals surface area (Å²) in [5.74, 6) is 0.600. The zero-order valence-electron chi connectivity index (χ0n) is 19.8. The predicted octanol–water partition coefficient (Wildman–Crippen LogP) is 4.17. The summed E-state index contributed by atoms with van der Waals surface area (Å²) in [6.45, 7) is 4.93. The van der Waals surface area contributed by atoms with Crippen LogP contribution in [0.4, 0.5) is 0 Å². The van der Waals surface area contributed by atoms with Crippen LogP contribution in [0.2, 0.25) is 0 Å². The second kappa shape index (κ2) is 13.2. The van der Waals surface area contributed by atoms with Gasteiger partial charge in [-0.25, -0.2) is 0 Å². The number of carbonyl (C=O) groups excluding carboxylic acids is 2. The van der Waals surface area contributed by atoms with Crippen molar-refractivity contribution in [1.82, 2.24) is 4.90 Å². The molecule has 0 spiro atoms. The maximum absolute atomic E-state index is 12.3. The maximum Gasteiger partial charge on any atom is 0.310 e. The fourth-order valence-electron chi connectivity index (χ4n) is 3.08. The van der Waals surface area contributed by atoms with Crippen LogP contribution >= 0.6 is 0 Å². The van der Waals surface area contributed by atoms with Crippen LogP contribution in [0.1, 0.15) is 41.8 Å². The molecule has 0 amide bonds. The monoisotopic (exact) mass is 455 g/mol. The molecule has 33 heavy (non-hydrogen) atoms. The van der Waals surface area contributed by atoms with Crippen LogP contribution < -0.4 is 9.47 Å². The first kappa shape index (κ1) is 25.8. The van der Waals surface area contributed by atoms with Gasteiger partial charge < -0.3 is 24.2 Å². The topological polar surface area (TPSA) is 85.3 Å². The van der Waals surface area contributed by atoms with Crippen LogP contribution in [0.15, 0.2) is 48.7 Å². The maximum atomic E-state index is 12.3. The summed E-state index contributed by atoms with van der Waals surface area (Å²) in [6.07, 6.45) is 4.56. The molecule has 0 fully saturated rings. The lowest BCUT2D eigenvalue weighted by Gasteiger charge is -2.14. The Morgan fingerprint density at radius 2 is 1.82 bits per heavy atom. The standard InChI is InChI=1S/C26H33NO6/c1-5-20-17-22(23(28)11-12-27(3)4)24(29)18-25(20)33-14-8-13-32-21-10-7-9-19(15-21)16-26(30)31-6-2/h7,9-12,15,17-18,29H,5-6,8,13-14,16H2,1-4H3/b12-11-. The van der Waals surface area contributed by atoms with Crippen molar-refractivity contribution in [3.8, 4) is 17.2 Å². The minimum Gasteiger partial charge on any atom is -0.507 e. The third-order valence-corrected chi connectivity index (χ3v) is 4.72. The van der Waals surface area contributed by atoms with E-state index in [0.29, 0.717) is 44.2 Å². The molecule has 2 aromatic carbocycles. The molecule has 0 saturated carbocycles. The Morgan fingerprint density at radius 1 is 1.06 bits per heavy atom. The first-order valence-electron chi connectivity index (χ1n) is 11.1. The van der Waals surface area contributed by atoms with Crippen molar-refractivity contribution in [2.75, 3.05) is 33.9 Å². The van der Waals surface area contributed by atoms with Gasteiger partial charge in [0, 0.05) is 38.9 Å². The van der Waals surface area contributed by atoms with Crippen LogP contribution in [0.25, 0.3) is 0 Å². The molecule has 178 valence electrons. The normalized spacial score (nSPS) is 10.8. The van der Waals surface area contributed by atoms with Gasteiger partial charge in [-0.2, -0.15) is 0 Å². The van der Waals surface area contributed by atoms with E-state index in [4.69, 9.17) is 14.2 Å². The highest BCUT2D eigenvalue weighted by molar-refractivity contribution is 6.06. The number of aryl methyl sites for hydroxylation is 1. The Hall–Kier alpha value is -3.48. The fourth-order valence-corrected chi connectivity index (χ4v) is 3.08. The molecule has 0 bridgehead atoms. The van der Waals surface area contributed by atoms with E-state index in [1.165, 1.54) is 12.1 Å². The molecule has 0 aromatic heterocycles. The lowest BCUT2D eigenvalue weighted by Crippen LogP contribution is -2.08. The fraction of sp³-hybridized carbons (Fsp3) is 0.385. The van der Waals surface area contributed by atoms with E-state index in [0.717, 1.165) is 11.1 Å². The highest BCUT2D eigenvalue weighted by Gasteiger charge is 2.14. The molecule has 0 unspecified atom stereocenters. The van der Waals surface area contributed by atoms with Crippen molar-refractivity contribution in [3.63, 3.8) is 0 Å². The number of aromatic hydroxyl groups is 1. The lowest BCUT2D eigenvalue weighted by molar-refractivity contribution is -0.142. The lowest BCUT2D eigenvalue weighted by atomic mass is 10.0. The van der Waals surface area contributed by atoms with Crippen molar-refractivity contribution in [3.05, 3.63) is 65.4 Å². The zero-order valence-corrected chi connectivity index (χ0v) is 19.8. The number of carbonyl (C=O) groups is 2. The molecule has 7 nitrogen and oxygen atoms in total. The summed E-state index contributed by atoms with van der Waals surface area (Å²) < 4.78 is 16.6. The van der Waals surface area contributed by atoms with Gasteiger partial charge in [0.25, 0.3) is 0 Å². The summed E-state index contributed by atoms with van der Waals surface area (Å²) in [4.78, 5) is 25.7. The molecule has 2 aromatic rings. The van der Waals surface area contributed by atoms with Crippen LogP contribution in [0.5, 0.6) is 17.2 Å². The third kappa shape index (κ3) is 8.52. The van der Waals surface area contributed by atoms with E-state index in [-0.39, 0.29) is 29.5 Å². The largest absolute Gasteiger partial charge is 0.507 e. The first-order chi connectivity index (χ1) is 15.8. The average molecular weight is 456 g/mol. The van der Waals surface area contributed by atoms with Crippen LogP contribution in [0.3, 0.4) is 0 Å². The highest BCUT2D eigenvalue weighted by atomic mass is 16.5. The van der Waals surface area contributed by atoms with E-state index in [1.54, 1.807) is 24.1 Å². The van der Waals surface area contributed by atoms with Crippen molar-refractivity contribution in [2.45, 2.75) is 33.1 Å². The van der Waals surface area contributed by atoms with Gasteiger partial charge in [0.05, 0.1) is 31.8 Å². The molecule has 0 radical (unpaired) electrons. The van der Waals surface area contributed by atoms with Gasteiger partial charge in [-0.3, -0.25) is 9.59 Å². The summed E-state index contributed by atoms with van der Waals surface area (Å²) in [7, 11) is 3.64. The van der Waals surface area contributed by atoms with Crippen LogP contribution in [-0.4, -0.2) is 55.7 Å². The van der Waals surface area contributed by atoms with Crippen molar-refractivity contribution < 1.29 is 28.9 Å². The highest BCUT2D eigenvalue weighted by Crippen LogP contribution is 2.29. The molecule has 0 aliphatic rings. The second-order valence-electron chi connectivity index (χ2n) is 7.65. The third-order valence-electron chi connectivity index (χ3n) is 4.72. The van der Waals surface area contributed by atoms with Crippen LogP contribution in [0, 0.1) is 0 Å². The number of ketones is 1. The Balaban J connectivity index is 1.89. The number of allylic oxidation sites excluding steroid dienone is 1. The van der Waals surface area contributed by atoms with Crippen molar-refractivity contribution >= 4 is 11.8 Å². The van der Waals surface area contributed by atoms with Gasteiger partial charge in [-0.15, -0.1) is 0 Å². The molecule has 0 aliphatic heterocycles. The van der Waals surface area contributed by atoms with Crippen molar-refractivity contribution in [1.29, 1.82) is 0 Å². The van der Waals surface area contributed by atoms with Gasteiger partial charge >= 0.3 is 5.97 Å². The van der Waals surface area contributed by atoms with Gasteiger partial charge in [0.2, 0.25) is 0 Å². The minimum atomic E-state index is -0.264. The number of nitrogens with zero attached hydrogens (tertiary/aromatic N) is 1. The molecular formula is C26H33NO6. The molecule has 1 N–H and O–H groups in total. The number of rotatable bonds is 13. The average Bonchev–Trinajstić information content (AvgIpc) is 2.77. The number of phenolic OH excluding ortho intramolecular Hbond substituents is 1. The summed E-state index contributed by atoms with van der Waals surface area (Å²) in [5.41, 5.74) is 1.94. The number of hydrogen-bond acceptors (Lipinski definition) is 7. The van der Waals surface area contributed by atoms with E-state index in [1.807, 2.05) is 45.3 Å².